The molecule has 2 aromatic heterocycles. The number of hydrogen-bond donors (Lipinski definition) is 1. The molecule has 0 bridgehead atoms. The number of aromatic nitrogens is 2. The third-order valence-electron chi connectivity index (χ3n) is 6.79. The zero-order valence-corrected chi connectivity index (χ0v) is 20.9. The number of ether oxygens (including phenoxy) is 1. The van der Waals surface area contributed by atoms with Gasteiger partial charge in [-0.3, -0.25) is 14.8 Å². The van der Waals surface area contributed by atoms with E-state index in [2.05, 4.69) is 28.7 Å². The SMILES string of the molecule is Cc1ncc(-c2ccc(OCCc3ccc(F)cc3F)cn2)c(N2CCC(C)(C)CC2)c1CC(=O)O. The van der Waals surface area contributed by atoms with Crippen molar-refractivity contribution in [3.63, 3.8) is 0 Å². The Kier molecular flexibility index (Phi) is 7.52. The Labute approximate surface area is 210 Å². The Morgan fingerprint density at radius 2 is 1.86 bits per heavy atom. The molecule has 0 saturated carbocycles. The molecule has 1 aromatic carbocycles. The molecule has 1 aliphatic heterocycles. The molecular formula is C28H31F2N3O3. The highest BCUT2D eigenvalue weighted by Crippen LogP contribution is 2.39. The molecule has 4 rings (SSSR count). The fourth-order valence-corrected chi connectivity index (χ4v) is 4.51. The molecule has 3 heterocycles. The largest absolute Gasteiger partial charge is 0.492 e. The monoisotopic (exact) mass is 495 g/mol. The van der Waals surface area contributed by atoms with Crippen molar-refractivity contribution in [2.75, 3.05) is 24.6 Å². The van der Waals surface area contributed by atoms with Crippen LogP contribution in [-0.4, -0.2) is 40.7 Å². The molecule has 0 amide bonds. The zero-order valence-electron chi connectivity index (χ0n) is 20.9. The van der Waals surface area contributed by atoms with Gasteiger partial charge in [-0.1, -0.05) is 19.9 Å². The number of rotatable bonds is 8. The summed E-state index contributed by atoms with van der Waals surface area (Å²) in [6.07, 6.45) is 5.56. The lowest BCUT2D eigenvalue weighted by molar-refractivity contribution is -0.136. The van der Waals surface area contributed by atoms with Crippen molar-refractivity contribution >= 4 is 11.7 Å². The molecule has 1 N–H and O–H groups in total. The van der Waals surface area contributed by atoms with E-state index in [0.29, 0.717) is 34.7 Å². The molecule has 0 aliphatic carbocycles. The van der Waals surface area contributed by atoms with E-state index in [9.17, 15) is 18.7 Å². The number of carbonyl (C=O) groups is 1. The van der Waals surface area contributed by atoms with Crippen molar-refractivity contribution in [3.8, 4) is 17.0 Å². The maximum absolute atomic E-state index is 13.8. The third-order valence-corrected chi connectivity index (χ3v) is 6.79. The number of piperidine rings is 1. The summed E-state index contributed by atoms with van der Waals surface area (Å²) in [5.74, 6) is -1.58. The third kappa shape index (κ3) is 5.98. The number of halogens is 2. The molecule has 8 heteroatoms. The molecule has 6 nitrogen and oxygen atoms in total. The van der Waals surface area contributed by atoms with Crippen LogP contribution in [0.15, 0.2) is 42.7 Å². The number of benzene rings is 1. The first-order valence-electron chi connectivity index (χ1n) is 12.1. The van der Waals surface area contributed by atoms with Crippen LogP contribution in [-0.2, 0) is 17.6 Å². The van der Waals surface area contributed by atoms with E-state index in [1.165, 1.54) is 12.1 Å². The van der Waals surface area contributed by atoms with Crippen molar-refractivity contribution in [3.05, 3.63) is 71.2 Å². The lowest BCUT2D eigenvalue weighted by Crippen LogP contribution is -2.38. The van der Waals surface area contributed by atoms with E-state index < -0.39 is 17.6 Å². The Morgan fingerprint density at radius 1 is 1.11 bits per heavy atom. The molecule has 0 radical (unpaired) electrons. The van der Waals surface area contributed by atoms with Crippen molar-refractivity contribution in [1.82, 2.24) is 9.97 Å². The van der Waals surface area contributed by atoms with Crippen molar-refractivity contribution in [2.24, 2.45) is 5.41 Å². The van der Waals surface area contributed by atoms with Crippen molar-refractivity contribution < 1.29 is 23.4 Å². The molecule has 3 aromatic rings. The van der Waals surface area contributed by atoms with E-state index in [-0.39, 0.29) is 18.4 Å². The normalized spacial score (nSPS) is 15.1. The summed E-state index contributed by atoms with van der Waals surface area (Å²) in [6.45, 7) is 8.23. The fourth-order valence-electron chi connectivity index (χ4n) is 4.51. The van der Waals surface area contributed by atoms with Gasteiger partial charge in [-0.2, -0.15) is 0 Å². The number of pyridine rings is 2. The minimum Gasteiger partial charge on any atom is -0.492 e. The maximum Gasteiger partial charge on any atom is 0.307 e. The second-order valence-electron chi connectivity index (χ2n) is 10.0. The lowest BCUT2D eigenvalue weighted by atomic mass is 9.82. The number of anilines is 1. The fraction of sp³-hybridized carbons (Fsp3) is 0.393. The molecule has 0 spiro atoms. The smallest absolute Gasteiger partial charge is 0.307 e. The minimum atomic E-state index is -0.898. The molecule has 0 atom stereocenters. The van der Waals surface area contributed by atoms with Crippen LogP contribution in [0, 0.1) is 24.0 Å². The van der Waals surface area contributed by atoms with Crippen LogP contribution in [0.4, 0.5) is 14.5 Å². The van der Waals surface area contributed by atoms with Crippen LogP contribution in [0.25, 0.3) is 11.3 Å². The van der Waals surface area contributed by atoms with Gasteiger partial charge < -0.3 is 14.7 Å². The maximum atomic E-state index is 13.8. The van der Waals surface area contributed by atoms with Crippen LogP contribution in [0.5, 0.6) is 5.75 Å². The van der Waals surface area contributed by atoms with Crippen LogP contribution in [0.2, 0.25) is 0 Å². The molecule has 1 saturated heterocycles. The van der Waals surface area contributed by atoms with Gasteiger partial charge in [0.05, 0.1) is 30.6 Å². The van der Waals surface area contributed by atoms with E-state index in [4.69, 9.17) is 4.74 Å². The van der Waals surface area contributed by atoms with Gasteiger partial charge in [0, 0.05) is 48.6 Å². The zero-order chi connectivity index (χ0) is 25.9. The van der Waals surface area contributed by atoms with Gasteiger partial charge in [-0.15, -0.1) is 0 Å². The Bertz CT molecular complexity index is 1240. The standard InChI is InChI=1S/C28H31F2N3O3/c1-18-22(15-26(34)35)27(33-11-9-28(2,3)10-12-33)23(17-31-18)25-7-6-21(16-32-25)36-13-8-19-4-5-20(29)14-24(19)30/h4-7,14,16-17H,8-13,15H2,1-3H3,(H,34,35). The first-order chi connectivity index (χ1) is 17.1. The molecule has 0 unspecified atom stereocenters. The van der Waals surface area contributed by atoms with E-state index in [1.807, 2.05) is 13.0 Å². The van der Waals surface area contributed by atoms with Gasteiger partial charge in [-0.05, 0) is 48.9 Å². The predicted octanol–water partition coefficient (Wildman–Crippen LogP) is 5.61. The van der Waals surface area contributed by atoms with Gasteiger partial charge in [0.1, 0.15) is 17.4 Å². The summed E-state index contributed by atoms with van der Waals surface area (Å²) in [5, 5.41) is 9.57. The summed E-state index contributed by atoms with van der Waals surface area (Å²) in [4.78, 5) is 23.0. The van der Waals surface area contributed by atoms with Crippen molar-refractivity contribution in [2.45, 2.75) is 46.5 Å². The number of aliphatic carboxylic acids is 1. The second kappa shape index (κ2) is 10.6. The Morgan fingerprint density at radius 3 is 2.50 bits per heavy atom. The number of aryl methyl sites for hydroxylation is 1. The average Bonchev–Trinajstić information content (AvgIpc) is 2.82. The highest BCUT2D eigenvalue weighted by molar-refractivity contribution is 5.83. The van der Waals surface area contributed by atoms with Crippen LogP contribution >= 0.6 is 0 Å². The van der Waals surface area contributed by atoms with E-state index in [1.54, 1.807) is 18.5 Å². The number of carboxylic acids is 1. The highest BCUT2D eigenvalue weighted by atomic mass is 19.1. The van der Waals surface area contributed by atoms with Gasteiger partial charge in [0.15, 0.2) is 0 Å². The van der Waals surface area contributed by atoms with Gasteiger partial charge in [-0.25, -0.2) is 8.78 Å². The highest BCUT2D eigenvalue weighted by Gasteiger charge is 2.29. The summed E-state index contributed by atoms with van der Waals surface area (Å²) in [7, 11) is 0. The minimum absolute atomic E-state index is 0.108. The molecule has 1 fully saturated rings. The van der Waals surface area contributed by atoms with Crippen LogP contribution in [0.1, 0.15) is 43.5 Å². The second-order valence-corrected chi connectivity index (χ2v) is 10.0. The summed E-state index contributed by atoms with van der Waals surface area (Å²) >= 11 is 0. The summed E-state index contributed by atoms with van der Waals surface area (Å²) < 4.78 is 32.6. The number of nitrogens with zero attached hydrogens (tertiary/aromatic N) is 3. The number of hydrogen-bond acceptors (Lipinski definition) is 5. The molecule has 36 heavy (non-hydrogen) atoms. The molecule has 1 aliphatic rings. The summed E-state index contributed by atoms with van der Waals surface area (Å²) in [5.41, 5.74) is 4.39. The van der Waals surface area contributed by atoms with Gasteiger partial charge >= 0.3 is 5.97 Å². The van der Waals surface area contributed by atoms with Crippen LogP contribution in [0.3, 0.4) is 0 Å². The van der Waals surface area contributed by atoms with E-state index in [0.717, 1.165) is 43.2 Å². The Balaban J connectivity index is 1.56. The first-order valence-corrected chi connectivity index (χ1v) is 12.1. The van der Waals surface area contributed by atoms with Gasteiger partial charge in [0.2, 0.25) is 0 Å². The van der Waals surface area contributed by atoms with Gasteiger partial charge in [0.25, 0.3) is 0 Å². The predicted molar refractivity (Wildman–Crippen MR) is 134 cm³/mol. The Hall–Kier alpha value is -3.55. The lowest BCUT2D eigenvalue weighted by Gasteiger charge is -2.40. The average molecular weight is 496 g/mol. The molecular weight excluding hydrogens is 464 g/mol. The summed E-state index contributed by atoms with van der Waals surface area (Å²) in [6, 6.07) is 7.10. The number of carboxylic acid groups (broad SMARTS) is 1. The topological polar surface area (TPSA) is 75.6 Å². The molecule has 190 valence electrons. The van der Waals surface area contributed by atoms with Crippen LogP contribution < -0.4 is 9.64 Å². The first kappa shape index (κ1) is 25.5. The van der Waals surface area contributed by atoms with E-state index >= 15 is 0 Å². The quantitative estimate of drug-likeness (QED) is 0.438. The van der Waals surface area contributed by atoms with Crippen molar-refractivity contribution in [1.29, 1.82) is 0 Å².